The minimum Gasteiger partial charge on any atom is -0.295 e. The second-order valence-electron chi connectivity index (χ2n) is 3.77. The van der Waals surface area contributed by atoms with Gasteiger partial charge in [0.2, 0.25) is 0 Å². The monoisotopic (exact) mass is 289 g/mol. The zero-order valence-electron chi connectivity index (χ0n) is 9.91. The van der Waals surface area contributed by atoms with E-state index in [1.165, 1.54) is 4.57 Å². The van der Waals surface area contributed by atoms with Crippen molar-refractivity contribution >= 4 is 19.7 Å². The lowest BCUT2D eigenvalue weighted by atomic mass is 10.4. The quantitative estimate of drug-likeness (QED) is 0.785. The summed E-state index contributed by atoms with van der Waals surface area (Å²) in [6, 6.07) is 1.74. The summed E-state index contributed by atoms with van der Waals surface area (Å²) < 4.78 is 25.9. The van der Waals surface area contributed by atoms with Crippen LogP contribution in [-0.4, -0.2) is 33.0 Å². The maximum atomic E-state index is 11.4. The molecule has 0 aromatic carbocycles. The zero-order valence-corrected chi connectivity index (χ0v) is 11.5. The van der Waals surface area contributed by atoms with Gasteiger partial charge in [-0.05, 0) is 12.5 Å². The molecule has 0 radical (unpaired) electrons. The second-order valence-corrected chi connectivity index (χ2v) is 6.23. The minimum absolute atomic E-state index is 0.244. The third-order valence-electron chi connectivity index (χ3n) is 2.32. The number of rotatable bonds is 4. The Kier molecular flexibility index (Phi) is 3.40. The molecule has 0 aliphatic carbocycles. The first-order valence-electron chi connectivity index (χ1n) is 5.31. The van der Waals surface area contributed by atoms with Gasteiger partial charge in [0.15, 0.2) is 5.82 Å². The second kappa shape index (κ2) is 4.69. The number of halogens is 1. The number of hydrogen-bond donors (Lipinski definition) is 0. The van der Waals surface area contributed by atoms with Crippen LogP contribution in [0.15, 0.2) is 17.4 Å². The molecule has 0 fully saturated rings. The van der Waals surface area contributed by atoms with Crippen LogP contribution >= 0.6 is 10.7 Å². The molecule has 2 aromatic heterocycles. The van der Waals surface area contributed by atoms with E-state index >= 15 is 0 Å². The summed E-state index contributed by atoms with van der Waals surface area (Å²) in [5.74, 6) is 0.400. The Hall–Kier alpha value is -1.41. The number of nitrogens with zero attached hydrogens (tertiary/aromatic N) is 5. The van der Waals surface area contributed by atoms with Crippen molar-refractivity contribution in [1.82, 2.24) is 24.5 Å². The van der Waals surface area contributed by atoms with Gasteiger partial charge in [0.05, 0.1) is 0 Å². The predicted octanol–water partition coefficient (Wildman–Crippen LogP) is 1.02. The summed E-state index contributed by atoms with van der Waals surface area (Å²) in [6.07, 6.45) is 2.48. The van der Waals surface area contributed by atoms with Crippen LogP contribution in [0.25, 0.3) is 11.5 Å². The highest BCUT2D eigenvalue weighted by Crippen LogP contribution is 2.21. The fourth-order valence-electron chi connectivity index (χ4n) is 1.62. The van der Waals surface area contributed by atoms with Crippen molar-refractivity contribution in [2.45, 2.75) is 25.0 Å². The Morgan fingerprint density at radius 1 is 1.39 bits per heavy atom. The van der Waals surface area contributed by atoms with Gasteiger partial charge in [-0.3, -0.25) is 9.25 Å². The van der Waals surface area contributed by atoms with Crippen molar-refractivity contribution < 1.29 is 8.42 Å². The molecule has 0 atom stereocenters. The summed E-state index contributed by atoms with van der Waals surface area (Å²) >= 11 is 0. The first-order valence-corrected chi connectivity index (χ1v) is 7.62. The Bertz CT molecular complexity index is 660. The molecule has 0 N–H and O–H groups in total. The molecular weight excluding hydrogens is 278 g/mol. The van der Waals surface area contributed by atoms with Gasteiger partial charge in [-0.1, -0.05) is 6.92 Å². The van der Waals surface area contributed by atoms with Crippen molar-refractivity contribution in [3.8, 4) is 11.5 Å². The molecule has 7 nitrogen and oxygen atoms in total. The summed E-state index contributed by atoms with van der Waals surface area (Å²) in [6.45, 7) is 2.38. The maximum absolute atomic E-state index is 11.4. The molecule has 0 spiro atoms. The Morgan fingerprint density at radius 3 is 2.61 bits per heavy atom. The largest absolute Gasteiger partial charge is 0.296 e. The highest BCUT2D eigenvalue weighted by molar-refractivity contribution is 8.13. The van der Waals surface area contributed by atoms with E-state index in [-0.39, 0.29) is 5.16 Å². The molecule has 98 valence electrons. The number of aryl methyl sites for hydroxylation is 1. The topological polar surface area (TPSA) is 82.7 Å². The van der Waals surface area contributed by atoms with Gasteiger partial charge in [0.1, 0.15) is 5.69 Å². The average molecular weight is 290 g/mol. The smallest absolute Gasteiger partial charge is 0.295 e. The molecule has 0 amide bonds. The molecule has 2 heterocycles. The third kappa shape index (κ3) is 2.39. The van der Waals surface area contributed by atoms with Crippen molar-refractivity contribution in [2.75, 3.05) is 0 Å². The summed E-state index contributed by atoms with van der Waals surface area (Å²) in [5, 5.41) is 11.4. The Balaban J connectivity index is 2.59. The summed E-state index contributed by atoms with van der Waals surface area (Å²) in [4.78, 5) is 0. The number of hydrogen-bond acceptors (Lipinski definition) is 5. The van der Waals surface area contributed by atoms with Crippen LogP contribution in [0.3, 0.4) is 0 Å². The maximum Gasteiger partial charge on any atom is 0.296 e. The van der Waals surface area contributed by atoms with Crippen LogP contribution in [0.2, 0.25) is 0 Å². The minimum atomic E-state index is -3.91. The molecule has 2 aromatic rings. The first kappa shape index (κ1) is 13.0. The van der Waals surface area contributed by atoms with Crippen molar-refractivity contribution in [3.05, 3.63) is 12.3 Å². The molecule has 0 aliphatic rings. The van der Waals surface area contributed by atoms with Crippen LogP contribution in [0.5, 0.6) is 0 Å². The highest BCUT2D eigenvalue weighted by atomic mass is 35.7. The lowest BCUT2D eigenvalue weighted by molar-refractivity contribution is 0.569. The van der Waals surface area contributed by atoms with E-state index in [0.717, 1.165) is 6.42 Å². The van der Waals surface area contributed by atoms with Crippen molar-refractivity contribution in [2.24, 2.45) is 7.05 Å². The summed E-state index contributed by atoms with van der Waals surface area (Å²) in [7, 11) is 3.19. The van der Waals surface area contributed by atoms with E-state index in [1.807, 2.05) is 6.92 Å². The van der Waals surface area contributed by atoms with E-state index in [4.69, 9.17) is 10.7 Å². The van der Waals surface area contributed by atoms with Gasteiger partial charge in [0.25, 0.3) is 14.2 Å². The van der Waals surface area contributed by atoms with Gasteiger partial charge < -0.3 is 0 Å². The molecule has 0 aliphatic heterocycles. The van der Waals surface area contributed by atoms with Gasteiger partial charge in [-0.2, -0.15) is 5.10 Å². The van der Waals surface area contributed by atoms with Crippen LogP contribution in [0.4, 0.5) is 0 Å². The van der Waals surface area contributed by atoms with Crippen LogP contribution in [0, 0.1) is 0 Å². The Labute approximate surface area is 109 Å². The van der Waals surface area contributed by atoms with Crippen molar-refractivity contribution in [1.29, 1.82) is 0 Å². The summed E-state index contributed by atoms with van der Waals surface area (Å²) in [5.41, 5.74) is 0.560. The SMILES string of the molecule is CCCn1c(-c2ccn(C)n2)nnc1S(=O)(=O)Cl. The normalized spacial score (nSPS) is 11.9. The molecular formula is C9H12ClN5O2S. The Morgan fingerprint density at radius 2 is 2.11 bits per heavy atom. The molecule has 2 rings (SSSR count). The molecule has 9 heteroatoms. The van der Waals surface area contributed by atoms with Gasteiger partial charge in [-0.25, -0.2) is 8.42 Å². The molecule has 0 unspecified atom stereocenters. The van der Waals surface area contributed by atoms with E-state index < -0.39 is 9.05 Å². The van der Waals surface area contributed by atoms with Gasteiger partial charge >= 0.3 is 0 Å². The van der Waals surface area contributed by atoms with Gasteiger partial charge in [-0.15, -0.1) is 10.2 Å². The first-order chi connectivity index (χ1) is 8.43. The average Bonchev–Trinajstić information content (AvgIpc) is 2.83. The van der Waals surface area contributed by atoms with Crippen LogP contribution in [0.1, 0.15) is 13.3 Å². The fourth-order valence-corrected chi connectivity index (χ4v) is 2.54. The van der Waals surface area contributed by atoms with E-state index in [1.54, 1.807) is 24.0 Å². The van der Waals surface area contributed by atoms with E-state index in [0.29, 0.717) is 18.1 Å². The molecule has 0 bridgehead atoms. The zero-order chi connectivity index (χ0) is 13.3. The molecule has 0 saturated heterocycles. The molecule has 0 saturated carbocycles. The van der Waals surface area contributed by atoms with Crippen LogP contribution < -0.4 is 0 Å². The van der Waals surface area contributed by atoms with Gasteiger partial charge in [0, 0.05) is 30.5 Å². The van der Waals surface area contributed by atoms with Crippen LogP contribution in [-0.2, 0) is 22.6 Å². The number of aromatic nitrogens is 5. The van der Waals surface area contributed by atoms with E-state index in [9.17, 15) is 8.42 Å². The van der Waals surface area contributed by atoms with Crippen molar-refractivity contribution in [3.63, 3.8) is 0 Å². The lowest BCUT2D eigenvalue weighted by Crippen LogP contribution is -2.08. The molecule has 18 heavy (non-hydrogen) atoms. The van der Waals surface area contributed by atoms with E-state index in [2.05, 4.69) is 15.3 Å². The predicted molar refractivity (Wildman–Crippen MR) is 65.6 cm³/mol. The third-order valence-corrected chi connectivity index (χ3v) is 3.48. The lowest BCUT2D eigenvalue weighted by Gasteiger charge is -2.05. The fraction of sp³-hybridized carbons (Fsp3) is 0.444. The standard InChI is InChI=1S/C9H12ClN5O2S/c1-3-5-15-8(7-4-6-14(2)13-7)11-12-9(15)18(10,16)17/h4,6H,3,5H2,1-2H3. The highest BCUT2D eigenvalue weighted by Gasteiger charge is 2.23.